The third kappa shape index (κ3) is 3.80. The molecular formula is C25H29F3O4S. The quantitative estimate of drug-likeness (QED) is 0.472. The molecule has 7 rings (SSSR count). The maximum Gasteiger partial charge on any atom is 0.253 e. The van der Waals surface area contributed by atoms with Crippen molar-refractivity contribution in [3.05, 3.63) is 29.1 Å². The van der Waals surface area contributed by atoms with Gasteiger partial charge in [0.05, 0.1) is 17.4 Å². The number of alkyl halides is 2. The Labute approximate surface area is 192 Å². The number of ketones is 1. The van der Waals surface area contributed by atoms with Crippen molar-refractivity contribution in [3.63, 3.8) is 0 Å². The molecule has 0 radical (unpaired) electrons. The molecule has 0 saturated heterocycles. The van der Waals surface area contributed by atoms with Crippen molar-refractivity contribution in [1.82, 2.24) is 0 Å². The molecule has 1 aromatic carbocycles. The molecule has 180 valence electrons. The van der Waals surface area contributed by atoms with Crippen molar-refractivity contribution < 1.29 is 31.1 Å². The molecule has 6 fully saturated rings. The number of carbonyl (C=O) groups excluding carboxylic acids is 1. The lowest BCUT2D eigenvalue weighted by molar-refractivity contribution is -0.230. The van der Waals surface area contributed by atoms with E-state index in [4.69, 9.17) is 4.74 Å². The van der Waals surface area contributed by atoms with E-state index in [1.165, 1.54) is 12.1 Å². The molecule has 0 amide bonds. The molecule has 6 aliphatic carbocycles. The first-order valence-electron chi connectivity index (χ1n) is 12.2. The van der Waals surface area contributed by atoms with Gasteiger partial charge in [-0.25, -0.2) is 21.6 Å². The monoisotopic (exact) mass is 482 g/mol. The zero-order valence-electron chi connectivity index (χ0n) is 18.5. The summed E-state index contributed by atoms with van der Waals surface area (Å²) in [5.74, 6) is -5.06. The van der Waals surface area contributed by atoms with Gasteiger partial charge in [0.25, 0.3) is 5.92 Å². The summed E-state index contributed by atoms with van der Waals surface area (Å²) in [4.78, 5) is 12.6. The lowest BCUT2D eigenvalue weighted by Crippen LogP contribution is -2.58. The van der Waals surface area contributed by atoms with Crippen molar-refractivity contribution >= 4 is 15.6 Å². The minimum Gasteiger partial charge on any atom is -0.493 e. The van der Waals surface area contributed by atoms with Crippen molar-refractivity contribution in [2.75, 3.05) is 12.4 Å². The Bertz CT molecular complexity index is 1090. The van der Waals surface area contributed by atoms with Crippen LogP contribution in [-0.4, -0.2) is 37.7 Å². The second kappa shape index (κ2) is 7.22. The summed E-state index contributed by atoms with van der Waals surface area (Å²) in [5.41, 5.74) is 0.254. The average molecular weight is 483 g/mol. The molecule has 0 aromatic heterocycles. The predicted octanol–water partition coefficient (Wildman–Crippen LogP) is 5.30. The van der Waals surface area contributed by atoms with Crippen LogP contribution in [0.25, 0.3) is 0 Å². The molecule has 6 aliphatic rings. The first-order chi connectivity index (χ1) is 15.6. The molecule has 2 atom stereocenters. The molecule has 4 nitrogen and oxygen atoms in total. The van der Waals surface area contributed by atoms with E-state index in [1.807, 2.05) is 0 Å². The molecule has 4 bridgehead atoms. The summed E-state index contributed by atoms with van der Waals surface area (Å²) in [5, 5.41) is -0.470. The van der Waals surface area contributed by atoms with Gasteiger partial charge >= 0.3 is 0 Å². The van der Waals surface area contributed by atoms with Gasteiger partial charge in [-0.2, -0.15) is 0 Å². The highest BCUT2D eigenvalue weighted by molar-refractivity contribution is 7.93. The smallest absolute Gasteiger partial charge is 0.253 e. The summed E-state index contributed by atoms with van der Waals surface area (Å²) >= 11 is 0. The van der Waals surface area contributed by atoms with Crippen LogP contribution in [0.3, 0.4) is 0 Å². The number of sulfone groups is 1. The molecular weight excluding hydrogens is 453 g/mol. The molecule has 33 heavy (non-hydrogen) atoms. The van der Waals surface area contributed by atoms with E-state index in [9.17, 15) is 26.4 Å². The number of halogens is 3. The largest absolute Gasteiger partial charge is 0.493 e. The highest BCUT2D eigenvalue weighted by atomic mass is 32.2. The highest BCUT2D eigenvalue weighted by Gasteiger charge is 2.64. The molecule has 1 aromatic rings. The fourth-order valence-electron chi connectivity index (χ4n) is 6.90. The van der Waals surface area contributed by atoms with Crippen LogP contribution in [0.1, 0.15) is 79.6 Å². The predicted molar refractivity (Wildman–Crippen MR) is 116 cm³/mol. The van der Waals surface area contributed by atoms with E-state index >= 15 is 0 Å². The van der Waals surface area contributed by atoms with Gasteiger partial charge in [0.15, 0.2) is 15.6 Å². The van der Waals surface area contributed by atoms with Crippen molar-refractivity contribution in [1.29, 1.82) is 0 Å². The Morgan fingerprint density at radius 3 is 2.30 bits per heavy atom. The van der Waals surface area contributed by atoms with Gasteiger partial charge in [-0.05, 0) is 81.3 Å². The highest BCUT2D eigenvalue weighted by Crippen LogP contribution is 2.65. The summed E-state index contributed by atoms with van der Waals surface area (Å²) < 4.78 is 74.7. The molecule has 0 heterocycles. The number of hydrogen-bond acceptors (Lipinski definition) is 4. The van der Waals surface area contributed by atoms with E-state index in [2.05, 4.69) is 0 Å². The number of hydrogen-bond donors (Lipinski definition) is 0. The Kier molecular flexibility index (Phi) is 4.80. The van der Waals surface area contributed by atoms with Crippen LogP contribution in [0.5, 0.6) is 5.75 Å². The van der Waals surface area contributed by atoms with E-state index in [-0.39, 0.29) is 23.5 Å². The van der Waals surface area contributed by atoms with Crippen molar-refractivity contribution in [3.8, 4) is 5.75 Å². The van der Waals surface area contributed by atoms with Crippen LogP contribution in [0.2, 0.25) is 0 Å². The number of carbonyl (C=O) groups is 1. The van der Waals surface area contributed by atoms with Crippen LogP contribution in [-0.2, 0) is 9.84 Å². The second-order valence-electron chi connectivity index (χ2n) is 11.4. The summed E-state index contributed by atoms with van der Waals surface area (Å²) in [6.45, 7) is 0.287. The molecule has 0 spiro atoms. The van der Waals surface area contributed by atoms with Crippen molar-refractivity contribution in [2.45, 2.75) is 74.9 Å². The van der Waals surface area contributed by atoms with Gasteiger partial charge in [0.1, 0.15) is 17.3 Å². The van der Waals surface area contributed by atoms with Crippen LogP contribution in [0, 0.1) is 29.0 Å². The van der Waals surface area contributed by atoms with Gasteiger partial charge in [-0.15, -0.1) is 0 Å². The van der Waals surface area contributed by atoms with E-state index in [0.717, 1.165) is 24.8 Å². The lowest BCUT2D eigenvalue weighted by Gasteiger charge is -2.59. The maximum absolute atomic E-state index is 14.9. The Balaban J connectivity index is 1.22. The fourth-order valence-corrected chi connectivity index (χ4v) is 8.51. The van der Waals surface area contributed by atoms with Gasteiger partial charge in [-0.1, -0.05) is 0 Å². The van der Waals surface area contributed by atoms with Gasteiger partial charge in [0, 0.05) is 23.3 Å². The minimum atomic E-state index is -3.53. The lowest BCUT2D eigenvalue weighted by atomic mass is 9.48. The Hall–Kier alpha value is -1.57. The Morgan fingerprint density at radius 2 is 1.70 bits per heavy atom. The maximum atomic E-state index is 14.9. The second-order valence-corrected chi connectivity index (χ2v) is 13.7. The zero-order valence-corrected chi connectivity index (χ0v) is 19.3. The van der Waals surface area contributed by atoms with E-state index < -0.39 is 50.2 Å². The first kappa shape index (κ1) is 21.9. The van der Waals surface area contributed by atoms with E-state index in [0.29, 0.717) is 50.2 Å². The number of rotatable bonds is 8. The summed E-state index contributed by atoms with van der Waals surface area (Å²) in [6, 6.07) is 2.68. The van der Waals surface area contributed by atoms with Crippen LogP contribution in [0.15, 0.2) is 12.1 Å². The standard InChI is InChI=1S/C25H29F3O4S/c26-21-8-23(32-13-24-9-14-5-16(10-24)25(27,28)17(6-14)11-24)19(15-1-2-15)7-20(21)22(29)12-33(30,31)18-3-4-18/h7-8,14-18H,1-6,9-13H2. The number of ether oxygens (including phenoxy) is 1. The van der Waals surface area contributed by atoms with Gasteiger partial charge in [-0.3, -0.25) is 4.79 Å². The third-order valence-electron chi connectivity index (χ3n) is 8.72. The summed E-state index contributed by atoms with van der Waals surface area (Å²) in [6.07, 6.45) is 5.89. The average Bonchev–Trinajstić information content (AvgIpc) is 3.61. The van der Waals surface area contributed by atoms with Crippen LogP contribution >= 0.6 is 0 Å². The van der Waals surface area contributed by atoms with E-state index in [1.54, 1.807) is 0 Å². The van der Waals surface area contributed by atoms with Crippen LogP contribution in [0.4, 0.5) is 13.2 Å². The summed E-state index contributed by atoms with van der Waals surface area (Å²) in [7, 11) is -3.53. The zero-order chi connectivity index (χ0) is 23.2. The van der Waals surface area contributed by atoms with Crippen molar-refractivity contribution in [2.24, 2.45) is 23.2 Å². The molecule has 8 heteroatoms. The fraction of sp³-hybridized carbons (Fsp3) is 0.720. The third-order valence-corrected chi connectivity index (χ3v) is 10.9. The van der Waals surface area contributed by atoms with Gasteiger partial charge in [0.2, 0.25) is 0 Å². The topological polar surface area (TPSA) is 60.4 Å². The van der Waals surface area contributed by atoms with Gasteiger partial charge < -0.3 is 4.74 Å². The minimum absolute atomic E-state index is 0.160. The normalized spacial score (nSPS) is 34.5. The molecule has 2 unspecified atom stereocenters. The first-order valence-corrected chi connectivity index (χ1v) is 13.9. The molecule has 0 N–H and O–H groups in total. The Morgan fingerprint density at radius 1 is 1.03 bits per heavy atom. The SMILES string of the molecule is O=C(CS(=O)(=O)C1CC1)c1cc(C2CC2)c(OCC23CC4CC(C2)C(F)(F)C(C4)C3)cc1F. The molecule has 0 aliphatic heterocycles. The molecule has 6 saturated carbocycles. The van der Waals surface area contributed by atoms with Crippen LogP contribution < -0.4 is 4.74 Å². The number of Topliss-reactive ketones (excluding diaryl/α,β-unsaturated/α-hetero) is 1. The number of benzene rings is 1.